The van der Waals surface area contributed by atoms with Crippen LogP contribution in [0.25, 0.3) is 0 Å². The van der Waals surface area contributed by atoms with Gasteiger partial charge in [0.05, 0.1) is 6.20 Å². The highest BCUT2D eigenvalue weighted by Crippen LogP contribution is 2.16. The molecule has 0 aliphatic carbocycles. The van der Waals surface area contributed by atoms with Gasteiger partial charge in [-0.3, -0.25) is 9.59 Å². The van der Waals surface area contributed by atoms with Crippen molar-refractivity contribution in [1.82, 2.24) is 4.98 Å². The molecule has 3 N–H and O–H groups in total. The van der Waals surface area contributed by atoms with Crippen LogP contribution >= 0.6 is 11.3 Å². The average Bonchev–Trinajstić information content (AvgIpc) is 2.34. The minimum absolute atomic E-state index is 0.222. The number of rotatable bonds is 2. The molecule has 0 spiro atoms. The van der Waals surface area contributed by atoms with Gasteiger partial charge in [0.25, 0.3) is 5.91 Å². The zero-order valence-electron chi connectivity index (χ0n) is 6.33. The molecule has 1 aromatic heterocycles. The van der Waals surface area contributed by atoms with E-state index in [9.17, 15) is 9.59 Å². The Labute approximate surface area is 72.6 Å². The number of thiazole rings is 1. The van der Waals surface area contributed by atoms with E-state index in [1.165, 1.54) is 13.1 Å². The predicted molar refractivity (Wildman–Crippen MR) is 44.9 cm³/mol. The molecule has 0 aliphatic rings. The van der Waals surface area contributed by atoms with E-state index in [4.69, 9.17) is 5.73 Å². The third kappa shape index (κ3) is 2.03. The summed E-state index contributed by atoms with van der Waals surface area (Å²) in [7, 11) is 0. The number of hydrogen-bond donors (Lipinski definition) is 2. The molecule has 6 heteroatoms. The van der Waals surface area contributed by atoms with E-state index in [1.54, 1.807) is 0 Å². The number of carbonyl (C=O) groups excluding carboxylic acids is 2. The first-order valence-electron chi connectivity index (χ1n) is 3.13. The molecule has 0 unspecified atom stereocenters. The third-order valence-electron chi connectivity index (χ3n) is 1.03. The highest BCUT2D eigenvalue weighted by Gasteiger charge is 2.06. The van der Waals surface area contributed by atoms with Crippen LogP contribution in [0, 0.1) is 0 Å². The van der Waals surface area contributed by atoms with Crippen molar-refractivity contribution in [2.75, 3.05) is 5.32 Å². The first-order chi connectivity index (χ1) is 5.59. The topological polar surface area (TPSA) is 85.1 Å². The minimum atomic E-state index is -0.538. The summed E-state index contributed by atoms with van der Waals surface area (Å²) in [5, 5.41) is 2.83. The summed E-state index contributed by atoms with van der Waals surface area (Å²) in [6.07, 6.45) is 1.33. The van der Waals surface area contributed by atoms with Crippen molar-refractivity contribution in [3.05, 3.63) is 11.1 Å². The van der Waals surface area contributed by atoms with Crippen molar-refractivity contribution in [3.8, 4) is 0 Å². The molecule has 0 aromatic carbocycles. The fourth-order valence-corrected chi connectivity index (χ4v) is 1.31. The van der Waals surface area contributed by atoms with Crippen LogP contribution in [0.1, 0.15) is 16.6 Å². The van der Waals surface area contributed by atoms with Crippen molar-refractivity contribution in [2.24, 2.45) is 5.73 Å². The lowest BCUT2D eigenvalue weighted by atomic mass is 10.5. The maximum absolute atomic E-state index is 10.6. The summed E-state index contributed by atoms with van der Waals surface area (Å²) in [5.41, 5.74) is 4.98. The number of carbonyl (C=O) groups is 2. The molecule has 0 atom stereocenters. The minimum Gasteiger partial charge on any atom is -0.365 e. The van der Waals surface area contributed by atoms with Crippen molar-refractivity contribution in [2.45, 2.75) is 6.92 Å². The predicted octanol–water partition coefficient (Wildman–Crippen LogP) is 0.200. The van der Waals surface area contributed by atoms with Crippen molar-refractivity contribution in [1.29, 1.82) is 0 Å². The summed E-state index contributed by atoms with van der Waals surface area (Å²) in [5.74, 6) is -0.760. The summed E-state index contributed by atoms with van der Waals surface area (Å²) in [6.45, 7) is 1.37. The molecular weight excluding hydrogens is 178 g/mol. The SMILES string of the molecule is CC(=O)Nc1ncc(C(N)=O)s1. The normalized spacial score (nSPS) is 9.42. The Hall–Kier alpha value is -1.43. The number of amides is 2. The maximum atomic E-state index is 10.6. The van der Waals surface area contributed by atoms with E-state index < -0.39 is 5.91 Å². The molecule has 0 bridgehead atoms. The second-order valence-corrected chi connectivity index (χ2v) is 3.11. The highest BCUT2D eigenvalue weighted by molar-refractivity contribution is 7.17. The molecule has 0 aliphatic heterocycles. The van der Waals surface area contributed by atoms with Crippen molar-refractivity contribution < 1.29 is 9.59 Å². The zero-order valence-corrected chi connectivity index (χ0v) is 7.14. The van der Waals surface area contributed by atoms with Crippen LogP contribution < -0.4 is 11.1 Å². The Morgan fingerprint density at radius 3 is 2.75 bits per heavy atom. The largest absolute Gasteiger partial charge is 0.365 e. The highest BCUT2D eigenvalue weighted by atomic mass is 32.1. The van der Waals surface area contributed by atoms with Gasteiger partial charge in [-0.1, -0.05) is 11.3 Å². The molecule has 1 aromatic rings. The molecule has 1 heterocycles. The van der Waals surface area contributed by atoms with Gasteiger partial charge in [0.15, 0.2) is 5.13 Å². The molecular formula is C6H7N3O2S. The van der Waals surface area contributed by atoms with Gasteiger partial charge >= 0.3 is 0 Å². The van der Waals surface area contributed by atoms with Gasteiger partial charge in [0, 0.05) is 6.92 Å². The lowest BCUT2D eigenvalue weighted by molar-refractivity contribution is -0.114. The maximum Gasteiger partial charge on any atom is 0.260 e. The van der Waals surface area contributed by atoms with E-state index in [0.29, 0.717) is 10.0 Å². The smallest absolute Gasteiger partial charge is 0.260 e. The summed E-state index contributed by atoms with van der Waals surface area (Å²) >= 11 is 1.05. The fraction of sp³-hybridized carbons (Fsp3) is 0.167. The fourth-order valence-electron chi connectivity index (χ4n) is 0.596. The first kappa shape index (κ1) is 8.66. The van der Waals surface area contributed by atoms with Crippen molar-refractivity contribution in [3.63, 3.8) is 0 Å². The molecule has 2 amide bonds. The van der Waals surface area contributed by atoms with E-state index in [-0.39, 0.29) is 5.91 Å². The molecule has 12 heavy (non-hydrogen) atoms. The number of primary amides is 1. The van der Waals surface area contributed by atoms with E-state index in [2.05, 4.69) is 10.3 Å². The van der Waals surface area contributed by atoms with Crippen LogP contribution in [-0.2, 0) is 4.79 Å². The quantitative estimate of drug-likeness (QED) is 0.690. The standard InChI is InChI=1S/C6H7N3O2S/c1-3(10)9-6-8-2-4(12-6)5(7)11/h2H,1H3,(H2,7,11)(H,8,9,10). The molecule has 0 saturated carbocycles. The number of nitrogens with one attached hydrogen (secondary N) is 1. The number of aromatic nitrogens is 1. The molecule has 0 radical (unpaired) electrons. The van der Waals surface area contributed by atoms with Crippen LogP contribution in [0.15, 0.2) is 6.20 Å². The van der Waals surface area contributed by atoms with Crippen LogP contribution in [0.3, 0.4) is 0 Å². The Morgan fingerprint density at radius 2 is 2.33 bits per heavy atom. The van der Waals surface area contributed by atoms with Crippen LogP contribution in [0.4, 0.5) is 5.13 Å². The summed E-state index contributed by atoms with van der Waals surface area (Å²) < 4.78 is 0. The number of anilines is 1. The zero-order chi connectivity index (χ0) is 9.14. The van der Waals surface area contributed by atoms with Gasteiger partial charge < -0.3 is 11.1 Å². The monoisotopic (exact) mass is 185 g/mol. The van der Waals surface area contributed by atoms with E-state index in [0.717, 1.165) is 11.3 Å². The van der Waals surface area contributed by atoms with Gasteiger partial charge in [-0.05, 0) is 0 Å². The van der Waals surface area contributed by atoms with Crippen LogP contribution in [0.5, 0.6) is 0 Å². The van der Waals surface area contributed by atoms with Gasteiger partial charge in [0.1, 0.15) is 4.88 Å². The average molecular weight is 185 g/mol. The molecule has 64 valence electrons. The Kier molecular flexibility index (Phi) is 2.39. The summed E-state index contributed by atoms with van der Waals surface area (Å²) in [4.78, 5) is 25.2. The van der Waals surface area contributed by atoms with Gasteiger partial charge in [-0.15, -0.1) is 0 Å². The first-order valence-corrected chi connectivity index (χ1v) is 3.94. The van der Waals surface area contributed by atoms with Gasteiger partial charge in [-0.2, -0.15) is 0 Å². The lowest BCUT2D eigenvalue weighted by Crippen LogP contribution is -2.08. The Bertz CT molecular complexity index is 320. The van der Waals surface area contributed by atoms with Crippen LogP contribution in [0.2, 0.25) is 0 Å². The molecule has 1 rings (SSSR count). The Morgan fingerprint density at radius 1 is 1.67 bits per heavy atom. The molecule has 0 saturated heterocycles. The van der Waals surface area contributed by atoms with Crippen molar-refractivity contribution >= 4 is 28.3 Å². The third-order valence-corrected chi connectivity index (χ3v) is 1.96. The molecule has 0 fully saturated rings. The number of nitrogens with two attached hydrogens (primary N) is 1. The number of hydrogen-bond acceptors (Lipinski definition) is 4. The van der Waals surface area contributed by atoms with Gasteiger partial charge in [-0.25, -0.2) is 4.98 Å². The van der Waals surface area contributed by atoms with Crippen LogP contribution in [-0.4, -0.2) is 16.8 Å². The summed E-state index contributed by atoms with van der Waals surface area (Å²) in [6, 6.07) is 0. The number of nitrogens with zero attached hydrogens (tertiary/aromatic N) is 1. The Balaban J connectivity index is 2.77. The second kappa shape index (κ2) is 3.31. The van der Waals surface area contributed by atoms with Gasteiger partial charge in [0.2, 0.25) is 5.91 Å². The second-order valence-electron chi connectivity index (χ2n) is 2.08. The van der Waals surface area contributed by atoms with E-state index in [1.807, 2.05) is 0 Å². The molecule has 5 nitrogen and oxygen atoms in total. The van der Waals surface area contributed by atoms with E-state index >= 15 is 0 Å². The lowest BCUT2D eigenvalue weighted by Gasteiger charge is -1.91.